The minimum atomic E-state index is -2.13. The summed E-state index contributed by atoms with van der Waals surface area (Å²) in [6, 6.07) is 4.49. The van der Waals surface area contributed by atoms with Crippen LogP contribution in [0.5, 0.6) is 0 Å². The van der Waals surface area contributed by atoms with Crippen molar-refractivity contribution in [3.63, 3.8) is 0 Å². The summed E-state index contributed by atoms with van der Waals surface area (Å²) < 4.78 is 3.91. The molecule has 1 aromatic carbocycles. The van der Waals surface area contributed by atoms with Gasteiger partial charge in [0.1, 0.15) is 12.9 Å². The van der Waals surface area contributed by atoms with Crippen molar-refractivity contribution in [2.24, 2.45) is 0 Å². The van der Waals surface area contributed by atoms with E-state index in [-0.39, 0.29) is 0 Å². The largest absolute Gasteiger partial charge is 0.547 e. The molecule has 26 heavy (non-hydrogen) atoms. The fourth-order valence-corrected chi connectivity index (χ4v) is 3.45. The highest BCUT2D eigenvalue weighted by Crippen LogP contribution is 2.44. The molecule has 1 aromatic heterocycles. The Morgan fingerprint density at radius 2 is 1.73 bits per heavy atom. The lowest BCUT2D eigenvalue weighted by Crippen LogP contribution is -2.44. The van der Waals surface area contributed by atoms with Crippen LogP contribution in [0.15, 0.2) is 24.5 Å². The third kappa shape index (κ3) is 3.81. The van der Waals surface area contributed by atoms with Crippen LogP contribution in [0.2, 0.25) is 0 Å². The Morgan fingerprint density at radius 1 is 1.19 bits per heavy atom. The van der Waals surface area contributed by atoms with Crippen LogP contribution < -0.4 is 10.4 Å². The first-order valence-corrected chi connectivity index (χ1v) is 8.26. The monoisotopic (exact) mass is 362 g/mol. The fraction of sp³-hybridized carbons (Fsp3) is 0.471. The first-order valence-electron chi connectivity index (χ1n) is 8.26. The van der Waals surface area contributed by atoms with Crippen molar-refractivity contribution in [1.29, 1.82) is 0 Å². The number of carbonyl (C=O) groups is 1. The Hall–Kier alpha value is -2.17. The van der Waals surface area contributed by atoms with Gasteiger partial charge in [-0.3, -0.25) is 9.97 Å². The normalized spacial score (nSPS) is 22.9. The van der Waals surface area contributed by atoms with Crippen molar-refractivity contribution in [2.75, 3.05) is 19.9 Å². The summed E-state index contributed by atoms with van der Waals surface area (Å²) in [7, 11) is 0. The van der Waals surface area contributed by atoms with Gasteiger partial charge in [0.05, 0.1) is 17.0 Å². The Kier molecular flexibility index (Phi) is 5.74. The van der Waals surface area contributed by atoms with Crippen molar-refractivity contribution in [3.8, 4) is 0 Å². The van der Waals surface area contributed by atoms with Gasteiger partial charge in [-0.05, 0) is 41.5 Å². The highest BCUT2D eigenvalue weighted by molar-refractivity contribution is 5.77. The molecule has 1 aliphatic heterocycles. The zero-order chi connectivity index (χ0) is 18.7. The molecule has 1 fully saturated rings. The van der Waals surface area contributed by atoms with Gasteiger partial charge >= 0.3 is 0 Å². The number of aliphatic hydroxyl groups excluding tert-OH is 3. The van der Waals surface area contributed by atoms with E-state index in [1.807, 2.05) is 0 Å². The quantitative estimate of drug-likeness (QED) is 0.462. The lowest BCUT2D eigenvalue weighted by Gasteiger charge is -2.19. The lowest BCUT2D eigenvalue weighted by atomic mass is 9.98. The number of piperidine rings is 1. The number of aromatic nitrogens is 2. The molecule has 1 aliphatic carbocycles. The van der Waals surface area contributed by atoms with Crippen molar-refractivity contribution >= 4 is 17.0 Å². The van der Waals surface area contributed by atoms with E-state index in [4.69, 9.17) is 15.3 Å². The molecule has 2 aromatic rings. The Bertz CT molecular complexity index is 738. The second-order valence-electron chi connectivity index (χ2n) is 6.26. The van der Waals surface area contributed by atoms with Crippen LogP contribution in [-0.4, -0.2) is 63.5 Å². The molecule has 0 unspecified atom stereocenters. The predicted octanol–water partition coefficient (Wildman–Crippen LogP) is -1.81. The Morgan fingerprint density at radius 3 is 2.19 bits per heavy atom. The number of benzene rings is 1. The molecular weight excluding hydrogens is 342 g/mol. The van der Waals surface area contributed by atoms with Crippen molar-refractivity contribution in [2.45, 2.75) is 30.7 Å². The first-order chi connectivity index (χ1) is 12.5. The third-order valence-electron chi connectivity index (χ3n) is 4.66. The highest BCUT2D eigenvalue weighted by atomic mass is 16.7. The molecule has 0 amide bonds. The number of aliphatic carboxylic acids is 1. The van der Waals surface area contributed by atoms with Gasteiger partial charge in [-0.15, -0.1) is 0 Å². The second kappa shape index (κ2) is 8.02. The van der Waals surface area contributed by atoms with Crippen LogP contribution in [0.1, 0.15) is 29.4 Å². The van der Waals surface area contributed by atoms with Crippen LogP contribution in [0.3, 0.4) is 0 Å². The molecule has 2 bridgehead atoms. The van der Waals surface area contributed by atoms with Gasteiger partial charge in [0.25, 0.3) is 0 Å². The number of carbonyl (C=O) groups excluding carboxylic acids is 1. The number of aliphatic hydroxyl groups is 3. The number of rotatable bonds is 4. The van der Waals surface area contributed by atoms with Crippen molar-refractivity contribution in [1.82, 2.24) is 15.3 Å². The number of carboxylic acid groups (broad SMARTS) is 1. The molecular formula is C17H20N3O6-. The van der Waals surface area contributed by atoms with E-state index in [1.54, 1.807) is 12.4 Å². The van der Waals surface area contributed by atoms with E-state index >= 15 is 0 Å². The molecule has 1 saturated heterocycles. The summed E-state index contributed by atoms with van der Waals surface area (Å²) in [6.07, 6.45) is 0.767. The predicted molar refractivity (Wildman–Crippen MR) is 87.7 cm³/mol. The molecule has 9 heteroatoms. The third-order valence-corrected chi connectivity index (χ3v) is 4.66. The zero-order valence-electron chi connectivity index (χ0n) is 13.9. The summed E-state index contributed by atoms with van der Waals surface area (Å²) in [5, 5.41) is 38.0. The van der Waals surface area contributed by atoms with Gasteiger partial charge in [-0.25, -0.2) is 0 Å². The molecule has 0 radical (unpaired) electrons. The summed E-state index contributed by atoms with van der Waals surface area (Å²) >= 11 is 0. The molecule has 9 nitrogen and oxygen atoms in total. The average Bonchev–Trinajstić information content (AvgIpc) is 2.89. The van der Waals surface area contributed by atoms with Crippen LogP contribution >= 0.6 is 0 Å². The van der Waals surface area contributed by atoms with E-state index in [9.17, 15) is 9.90 Å². The molecule has 140 valence electrons. The summed E-state index contributed by atoms with van der Waals surface area (Å²) in [5.41, 5.74) is 5.08. The van der Waals surface area contributed by atoms with Crippen LogP contribution in [0, 0.1) is 0 Å². The number of hydrogen-bond donors (Lipinski definition) is 4. The molecule has 2 aliphatic rings. The smallest absolute Gasteiger partial charge is 0.189 e. The van der Waals surface area contributed by atoms with Crippen LogP contribution in [-0.2, 0) is 9.53 Å². The zero-order valence-corrected chi connectivity index (χ0v) is 13.9. The summed E-state index contributed by atoms with van der Waals surface area (Å²) in [4.78, 5) is 18.5. The maximum absolute atomic E-state index is 9.73. The SMILES string of the molecule is O=C([O-])[C@H](O)[C@@H](O)OCO.c1cnc2cc3c(cc2n1)[C@@H]1CNC[C@H]3C1. The van der Waals surface area contributed by atoms with Gasteiger partial charge < -0.3 is 35.3 Å². The lowest BCUT2D eigenvalue weighted by molar-refractivity contribution is -0.326. The van der Waals surface area contributed by atoms with Gasteiger partial charge in [0.15, 0.2) is 6.29 Å². The van der Waals surface area contributed by atoms with Crippen LogP contribution in [0.4, 0.5) is 0 Å². The maximum atomic E-state index is 9.73. The molecule has 2 heterocycles. The van der Waals surface area contributed by atoms with Gasteiger partial charge in [0.2, 0.25) is 0 Å². The number of carboxylic acids is 1. The average molecular weight is 362 g/mol. The molecule has 4 atom stereocenters. The van der Waals surface area contributed by atoms with Crippen molar-refractivity contribution in [3.05, 3.63) is 35.7 Å². The maximum Gasteiger partial charge on any atom is 0.189 e. The van der Waals surface area contributed by atoms with Gasteiger partial charge in [-0.1, -0.05) is 0 Å². The van der Waals surface area contributed by atoms with Gasteiger partial charge in [-0.2, -0.15) is 0 Å². The van der Waals surface area contributed by atoms with E-state index < -0.39 is 25.2 Å². The van der Waals surface area contributed by atoms with Crippen molar-refractivity contribution < 1.29 is 30.0 Å². The highest BCUT2D eigenvalue weighted by Gasteiger charge is 2.34. The second-order valence-corrected chi connectivity index (χ2v) is 6.26. The summed E-state index contributed by atoms with van der Waals surface area (Å²) in [5.74, 6) is -0.471. The van der Waals surface area contributed by atoms with E-state index in [1.165, 1.54) is 17.5 Å². The summed E-state index contributed by atoms with van der Waals surface area (Å²) in [6.45, 7) is 1.37. The Balaban J connectivity index is 0.000000172. The number of nitrogens with zero attached hydrogens (tertiary/aromatic N) is 2. The minimum Gasteiger partial charge on any atom is -0.547 e. The number of fused-ring (bicyclic) bond motifs is 6. The molecule has 4 N–H and O–H groups in total. The molecule has 0 saturated carbocycles. The minimum absolute atomic E-state index is 0.695. The molecule has 0 spiro atoms. The number of ether oxygens (including phenoxy) is 1. The topological polar surface area (TPSA) is 148 Å². The Labute approximate surface area is 149 Å². The first kappa shape index (κ1) is 18.6. The van der Waals surface area contributed by atoms with E-state index in [0.29, 0.717) is 11.8 Å². The number of nitrogens with one attached hydrogen (secondary N) is 1. The molecule has 4 rings (SSSR count). The fourth-order valence-electron chi connectivity index (χ4n) is 3.45. The van der Waals surface area contributed by atoms with E-state index in [2.05, 4.69) is 32.2 Å². The standard InChI is InChI=1S/C13H13N3.C4H8O6/c1-2-16-13-5-11-9-3-8(6-14-7-9)10(11)4-12(13)15-1;5-1-10-4(9)2(6)3(7)8/h1-2,4-5,8-9,14H,3,6-7H2;2,4-6,9H,1H2,(H,7,8)/p-1/t8-,9+;2-,4-/m.0/s1. The van der Waals surface area contributed by atoms with Crippen LogP contribution in [0.25, 0.3) is 11.0 Å². The van der Waals surface area contributed by atoms with Gasteiger partial charge in [0, 0.05) is 25.5 Å². The number of hydrogen-bond acceptors (Lipinski definition) is 9. The van der Waals surface area contributed by atoms with E-state index in [0.717, 1.165) is 24.1 Å².